The third-order valence-electron chi connectivity index (χ3n) is 5.73. The third-order valence-corrected chi connectivity index (χ3v) is 8.11. The minimum atomic E-state index is -3.47. The molecule has 8 heteroatoms. The van der Waals surface area contributed by atoms with Crippen LogP contribution in [0.15, 0.2) is 45.8 Å². The molecule has 0 spiro atoms. The van der Waals surface area contributed by atoms with Crippen molar-refractivity contribution in [1.29, 1.82) is 0 Å². The molecule has 4 rings (SSSR count). The quantitative estimate of drug-likeness (QED) is 0.634. The van der Waals surface area contributed by atoms with Crippen LogP contribution in [0.5, 0.6) is 5.75 Å². The first-order valence-electron chi connectivity index (χ1n) is 10.1. The standard InChI is InChI=1S/C22H25BrN2O4S/c1-15-11-19(30(27,28)24-9-3-4-10-24)6-8-21(15)29-14-22(26)25-16(2)12-17-13-18(23)5-7-20(17)25/h5-8,11,13,16H,3-4,9-10,12,14H2,1-2H3/t16-/m0/s1. The predicted molar refractivity (Wildman–Crippen MR) is 119 cm³/mol. The minimum absolute atomic E-state index is 0.0690. The van der Waals surface area contributed by atoms with Crippen molar-refractivity contribution in [3.8, 4) is 5.75 Å². The highest BCUT2D eigenvalue weighted by atomic mass is 79.9. The number of carbonyl (C=O) groups excluding carboxylic acids is 1. The van der Waals surface area contributed by atoms with Gasteiger partial charge in [0.15, 0.2) is 6.61 Å². The number of nitrogens with zero attached hydrogens (tertiary/aromatic N) is 2. The summed E-state index contributed by atoms with van der Waals surface area (Å²) in [6.45, 7) is 4.86. The van der Waals surface area contributed by atoms with Gasteiger partial charge in [0.25, 0.3) is 5.91 Å². The maximum Gasteiger partial charge on any atom is 0.265 e. The molecule has 160 valence electrons. The minimum Gasteiger partial charge on any atom is -0.483 e. The molecule has 0 saturated carbocycles. The van der Waals surface area contributed by atoms with Gasteiger partial charge in [-0.1, -0.05) is 15.9 Å². The molecule has 2 aromatic rings. The molecule has 2 aromatic carbocycles. The Labute approximate surface area is 186 Å². The number of halogens is 1. The van der Waals surface area contributed by atoms with Crippen LogP contribution in [0.1, 0.15) is 30.9 Å². The van der Waals surface area contributed by atoms with E-state index in [0.29, 0.717) is 24.4 Å². The van der Waals surface area contributed by atoms with Crippen molar-refractivity contribution in [1.82, 2.24) is 4.31 Å². The summed E-state index contributed by atoms with van der Waals surface area (Å²) in [5.41, 5.74) is 2.75. The van der Waals surface area contributed by atoms with Crippen molar-refractivity contribution >= 4 is 37.5 Å². The van der Waals surface area contributed by atoms with Gasteiger partial charge in [0.05, 0.1) is 4.90 Å². The van der Waals surface area contributed by atoms with Crippen molar-refractivity contribution in [2.24, 2.45) is 0 Å². The number of benzene rings is 2. The zero-order valence-corrected chi connectivity index (χ0v) is 19.5. The number of hydrogen-bond acceptors (Lipinski definition) is 4. The van der Waals surface area contributed by atoms with E-state index in [0.717, 1.165) is 35.0 Å². The molecule has 0 bridgehead atoms. The SMILES string of the molecule is Cc1cc(S(=O)(=O)N2CCCC2)ccc1OCC(=O)N1c2ccc(Br)cc2C[C@@H]1C. The molecule has 1 atom stereocenters. The van der Waals surface area contributed by atoms with E-state index in [9.17, 15) is 13.2 Å². The summed E-state index contributed by atoms with van der Waals surface area (Å²) in [6, 6.07) is 10.8. The lowest BCUT2D eigenvalue weighted by molar-refractivity contribution is -0.120. The van der Waals surface area contributed by atoms with E-state index in [2.05, 4.69) is 15.9 Å². The highest BCUT2D eigenvalue weighted by Crippen LogP contribution is 2.34. The molecule has 0 radical (unpaired) electrons. The molecule has 2 aliphatic heterocycles. The monoisotopic (exact) mass is 492 g/mol. The average molecular weight is 493 g/mol. The van der Waals surface area contributed by atoms with Gasteiger partial charge >= 0.3 is 0 Å². The summed E-state index contributed by atoms with van der Waals surface area (Å²) in [5, 5.41) is 0. The van der Waals surface area contributed by atoms with Crippen LogP contribution in [0, 0.1) is 6.92 Å². The largest absolute Gasteiger partial charge is 0.483 e. The lowest BCUT2D eigenvalue weighted by atomic mass is 10.1. The Kier molecular flexibility index (Phi) is 5.92. The predicted octanol–water partition coefficient (Wildman–Crippen LogP) is 3.90. The first-order chi connectivity index (χ1) is 14.3. The fourth-order valence-electron chi connectivity index (χ4n) is 4.21. The van der Waals surface area contributed by atoms with Gasteiger partial charge in [-0.25, -0.2) is 8.42 Å². The van der Waals surface area contributed by atoms with E-state index in [1.54, 1.807) is 30.0 Å². The molecule has 1 fully saturated rings. The van der Waals surface area contributed by atoms with Gasteiger partial charge < -0.3 is 9.64 Å². The number of ether oxygens (including phenoxy) is 1. The summed E-state index contributed by atoms with van der Waals surface area (Å²) in [4.78, 5) is 14.9. The number of fused-ring (bicyclic) bond motifs is 1. The number of amides is 1. The molecule has 1 saturated heterocycles. The normalized spacial score (nSPS) is 19.2. The summed E-state index contributed by atoms with van der Waals surface area (Å²) in [6.07, 6.45) is 2.61. The zero-order chi connectivity index (χ0) is 21.5. The van der Waals surface area contributed by atoms with Crippen molar-refractivity contribution in [2.45, 2.75) is 44.0 Å². The molecule has 2 aliphatic rings. The second-order valence-corrected chi connectivity index (χ2v) is 10.8. The molecule has 0 unspecified atom stereocenters. The van der Waals surface area contributed by atoms with E-state index in [-0.39, 0.29) is 23.5 Å². The smallest absolute Gasteiger partial charge is 0.265 e. The number of hydrogen-bond donors (Lipinski definition) is 0. The van der Waals surface area contributed by atoms with Crippen molar-refractivity contribution in [2.75, 3.05) is 24.6 Å². The van der Waals surface area contributed by atoms with Gasteiger partial charge in [-0.3, -0.25) is 4.79 Å². The van der Waals surface area contributed by atoms with Gasteiger partial charge in [0, 0.05) is 29.3 Å². The van der Waals surface area contributed by atoms with Crippen LogP contribution < -0.4 is 9.64 Å². The second kappa shape index (κ2) is 8.32. The third kappa shape index (κ3) is 4.00. The Morgan fingerprint density at radius 1 is 1.17 bits per heavy atom. The summed E-state index contributed by atoms with van der Waals surface area (Å²) >= 11 is 3.48. The van der Waals surface area contributed by atoms with Gasteiger partial charge in [-0.2, -0.15) is 4.31 Å². The molecule has 6 nitrogen and oxygen atoms in total. The van der Waals surface area contributed by atoms with E-state index in [4.69, 9.17) is 4.74 Å². The van der Waals surface area contributed by atoms with Crippen molar-refractivity contribution < 1.29 is 17.9 Å². The molecule has 0 N–H and O–H groups in total. The van der Waals surface area contributed by atoms with Gasteiger partial charge in [-0.15, -0.1) is 0 Å². The number of sulfonamides is 1. The molecule has 30 heavy (non-hydrogen) atoms. The van der Waals surface area contributed by atoms with Crippen LogP contribution in [0.4, 0.5) is 5.69 Å². The first-order valence-corrected chi connectivity index (χ1v) is 12.3. The second-order valence-electron chi connectivity index (χ2n) is 7.92. The Morgan fingerprint density at radius 3 is 2.60 bits per heavy atom. The van der Waals surface area contributed by atoms with Gasteiger partial charge in [0.2, 0.25) is 10.0 Å². The molecule has 0 aromatic heterocycles. The fraction of sp³-hybridized carbons (Fsp3) is 0.409. The topological polar surface area (TPSA) is 66.9 Å². The van der Waals surface area contributed by atoms with E-state index in [1.165, 1.54) is 4.31 Å². The highest BCUT2D eigenvalue weighted by Gasteiger charge is 2.31. The first kappa shape index (κ1) is 21.3. The van der Waals surface area contributed by atoms with Crippen LogP contribution in [0.3, 0.4) is 0 Å². The average Bonchev–Trinajstić information content (AvgIpc) is 3.34. The van der Waals surface area contributed by atoms with Crippen molar-refractivity contribution in [3.05, 3.63) is 52.0 Å². The molecule has 0 aliphatic carbocycles. The summed E-state index contributed by atoms with van der Waals surface area (Å²) in [7, 11) is -3.47. The summed E-state index contributed by atoms with van der Waals surface area (Å²) < 4.78 is 33.8. The highest BCUT2D eigenvalue weighted by molar-refractivity contribution is 9.10. The molecule has 2 heterocycles. The Morgan fingerprint density at radius 2 is 1.90 bits per heavy atom. The number of aryl methyl sites for hydroxylation is 1. The van der Waals surface area contributed by atoms with Crippen LogP contribution >= 0.6 is 15.9 Å². The lowest BCUT2D eigenvalue weighted by Gasteiger charge is -2.23. The fourth-order valence-corrected chi connectivity index (χ4v) is 6.22. The maximum atomic E-state index is 12.9. The van der Waals surface area contributed by atoms with Crippen molar-refractivity contribution in [3.63, 3.8) is 0 Å². The number of anilines is 1. The van der Waals surface area contributed by atoms with Crippen LogP contribution in [-0.4, -0.2) is 44.4 Å². The van der Waals surface area contributed by atoms with E-state index < -0.39 is 10.0 Å². The Hall–Kier alpha value is -1.90. The maximum absolute atomic E-state index is 12.9. The van der Waals surface area contributed by atoms with E-state index >= 15 is 0 Å². The van der Waals surface area contributed by atoms with Crippen LogP contribution in [0.25, 0.3) is 0 Å². The Bertz CT molecular complexity index is 1080. The molecule has 1 amide bonds. The Balaban J connectivity index is 1.46. The lowest BCUT2D eigenvalue weighted by Crippen LogP contribution is -2.39. The number of rotatable bonds is 5. The van der Waals surface area contributed by atoms with Crippen LogP contribution in [0.2, 0.25) is 0 Å². The van der Waals surface area contributed by atoms with Crippen LogP contribution in [-0.2, 0) is 21.2 Å². The van der Waals surface area contributed by atoms with E-state index in [1.807, 2.05) is 25.1 Å². The molecular weight excluding hydrogens is 468 g/mol. The number of carbonyl (C=O) groups is 1. The summed E-state index contributed by atoms with van der Waals surface area (Å²) in [5.74, 6) is 0.406. The van der Waals surface area contributed by atoms with Gasteiger partial charge in [0.1, 0.15) is 5.75 Å². The van der Waals surface area contributed by atoms with Gasteiger partial charge in [-0.05, 0) is 80.6 Å². The zero-order valence-electron chi connectivity index (χ0n) is 17.1. The molecular formula is C22H25BrN2O4S.